The Hall–Kier alpha value is -3.29. The number of hydrogen-bond donors (Lipinski definition) is 2. The fraction of sp³-hybridized carbons (Fsp3) is 0.375. The lowest BCUT2D eigenvalue weighted by Gasteiger charge is -2.36. The van der Waals surface area contributed by atoms with Crippen molar-refractivity contribution in [1.29, 1.82) is 0 Å². The number of nitrogens with one attached hydrogen (secondary N) is 2. The molecule has 2 aromatic carbocycles. The third-order valence-corrected chi connectivity index (χ3v) is 5.51. The molecular weight excluding hydrogens is 416 g/mol. The van der Waals surface area contributed by atoms with Crippen molar-refractivity contribution < 1.29 is 23.2 Å². The fourth-order valence-electron chi connectivity index (χ4n) is 3.84. The molecule has 1 atom stereocenters. The molecule has 8 heteroatoms. The highest BCUT2D eigenvalue weighted by Gasteiger charge is 2.34. The zero-order valence-electron chi connectivity index (χ0n) is 18.1. The molecule has 0 bridgehead atoms. The number of rotatable bonds is 6. The van der Waals surface area contributed by atoms with Crippen LogP contribution in [-0.4, -0.2) is 47.8 Å². The smallest absolute Gasteiger partial charge is 0.256 e. The van der Waals surface area contributed by atoms with Gasteiger partial charge in [-0.25, -0.2) is 8.78 Å². The van der Waals surface area contributed by atoms with E-state index in [1.54, 1.807) is 11.0 Å². The highest BCUT2D eigenvalue weighted by atomic mass is 19.1. The lowest BCUT2D eigenvalue weighted by molar-refractivity contribution is -0.125. The molecule has 0 radical (unpaired) electrons. The molecule has 1 aliphatic rings. The van der Waals surface area contributed by atoms with Gasteiger partial charge in [0.2, 0.25) is 5.91 Å². The van der Waals surface area contributed by atoms with E-state index in [4.69, 9.17) is 0 Å². The zero-order chi connectivity index (χ0) is 23.3. The van der Waals surface area contributed by atoms with Gasteiger partial charge in [-0.05, 0) is 69.0 Å². The fourth-order valence-corrected chi connectivity index (χ4v) is 3.84. The average Bonchev–Trinajstić information content (AvgIpc) is 2.77. The van der Waals surface area contributed by atoms with Crippen molar-refractivity contribution in [3.05, 3.63) is 71.3 Å². The number of halogens is 2. The summed E-state index contributed by atoms with van der Waals surface area (Å²) in [6.45, 7) is 4.34. The van der Waals surface area contributed by atoms with Gasteiger partial charge < -0.3 is 15.5 Å². The van der Waals surface area contributed by atoms with E-state index in [1.165, 1.54) is 42.5 Å². The Morgan fingerprint density at radius 1 is 0.938 bits per heavy atom. The minimum atomic E-state index is -0.805. The zero-order valence-corrected chi connectivity index (χ0v) is 18.1. The number of carbonyl (C=O) groups is 3. The van der Waals surface area contributed by atoms with Crippen LogP contribution in [0.3, 0.4) is 0 Å². The van der Waals surface area contributed by atoms with Crippen molar-refractivity contribution in [3.63, 3.8) is 0 Å². The molecular formula is C24H27F2N3O3. The number of piperidine rings is 1. The standard InChI is InChI=1S/C24H27F2N3O3/c1-15(2)27-23(31)21(28-22(30)17-7-9-18(25)10-8-17)16-11-13-29(14-12-16)24(32)19-5-3-4-6-20(19)26/h3-10,15-16,21H,11-14H2,1-2H3,(H,27,31)(H,28,30)/t21-/m0/s1. The summed E-state index contributed by atoms with van der Waals surface area (Å²) in [5.74, 6) is -2.40. The molecule has 1 heterocycles. The van der Waals surface area contributed by atoms with Crippen LogP contribution in [0.2, 0.25) is 0 Å². The number of hydrogen-bond acceptors (Lipinski definition) is 3. The number of likely N-dealkylation sites (tertiary alicyclic amines) is 1. The number of nitrogens with zero attached hydrogens (tertiary/aromatic N) is 1. The molecule has 1 aliphatic heterocycles. The van der Waals surface area contributed by atoms with Crippen LogP contribution in [0, 0.1) is 17.6 Å². The summed E-state index contributed by atoms with van der Waals surface area (Å²) in [4.78, 5) is 39.8. The quantitative estimate of drug-likeness (QED) is 0.720. The van der Waals surface area contributed by atoms with E-state index in [0.29, 0.717) is 25.9 Å². The van der Waals surface area contributed by atoms with Gasteiger partial charge in [0, 0.05) is 24.7 Å². The summed E-state index contributed by atoms with van der Waals surface area (Å²) in [6, 6.07) is 10.0. The van der Waals surface area contributed by atoms with E-state index in [9.17, 15) is 23.2 Å². The summed E-state index contributed by atoms with van der Waals surface area (Å²) in [5.41, 5.74) is 0.269. The van der Waals surface area contributed by atoms with Gasteiger partial charge in [-0.3, -0.25) is 14.4 Å². The van der Waals surface area contributed by atoms with Gasteiger partial charge in [-0.1, -0.05) is 12.1 Å². The summed E-state index contributed by atoms with van der Waals surface area (Å²) in [7, 11) is 0. The van der Waals surface area contributed by atoms with Gasteiger partial charge in [0.1, 0.15) is 17.7 Å². The van der Waals surface area contributed by atoms with Gasteiger partial charge >= 0.3 is 0 Å². The van der Waals surface area contributed by atoms with E-state index < -0.39 is 23.6 Å². The van der Waals surface area contributed by atoms with Gasteiger partial charge in [-0.2, -0.15) is 0 Å². The number of carbonyl (C=O) groups excluding carboxylic acids is 3. The number of benzene rings is 2. The Balaban J connectivity index is 1.70. The molecule has 2 N–H and O–H groups in total. The van der Waals surface area contributed by atoms with Gasteiger partial charge in [0.25, 0.3) is 11.8 Å². The topological polar surface area (TPSA) is 78.5 Å². The van der Waals surface area contributed by atoms with Crippen molar-refractivity contribution in [2.45, 2.75) is 38.8 Å². The molecule has 32 heavy (non-hydrogen) atoms. The lowest BCUT2D eigenvalue weighted by Crippen LogP contribution is -2.54. The SMILES string of the molecule is CC(C)NC(=O)[C@@H](NC(=O)c1ccc(F)cc1)C1CCN(C(=O)c2ccccc2F)CC1. The maximum absolute atomic E-state index is 14.0. The minimum Gasteiger partial charge on any atom is -0.352 e. The molecule has 1 fully saturated rings. The van der Waals surface area contributed by atoms with Crippen molar-refractivity contribution >= 4 is 17.7 Å². The molecule has 170 valence electrons. The summed E-state index contributed by atoms with van der Waals surface area (Å²) < 4.78 is 27.2. The Bertz CT molecular complexity index is 971. The number of amides is 3. The van der Waals surface area contributed by atoms with Gasteiger partial charge in [0.15, 0.2) is 0 Å². The summed E-state index contributed by atoms with van der Waals surface area (Å²) in [6.07, 6.45) is 0.945. The highest BCUT2D eigenvalue weighted by molar-refractivity contribution is 5.97. The Kier molecular flexibility index (Phi) is 7.56. The van der Waals surface area contributed by atoms with Crippen molar-refractivity contribution in [3.8, 4) is 0 Å². The van der Waals surface area contributed by atoms with Crippen LogP contribution < -0.4 is 10.6 Å². The Labute approximate surface area is 186 Å². The molecule has 3 amide bonds. The van der Waals surface area contributed by atoms with Gasteiger partial charge in [0.05, 0.1) is 5.56 Å². The first-order valence-electron chi connectivity index (χ1n) is 10.7. The maximum Gasteiger partial charge on any atom is 0.256 e. The predicted octanol–water partition coefficient (Wildman–Crippen LogP) is 3.14. The molecule has 0 saturated carbocycles. The molecule has 2 aromatic rings. The molecule has 1 saturated heterocycles. The average molecular weight is 443 g/mol. The third kappa shape index (κ3) is 5.69. The molecule has 0 spiro atoms. The van der Waals surface area contributed by atoms with Crippen LogP contribution in [-0.2, 0) is 4.79 Å². The second kappa shape index (κ2) is 10.3. The van der Waals surface area contributed by atoms with E-state index in [0.717, 1.165) is 0 Å². The minimum absolute atomic E-state index is 0.0182. The second-order valence-corrected chi connectivity index (χ2v) is 8.23. The first-order valence-corrected chi connectivity index (χ1v) is 10.7. The molecule has 3 rings (SSSR count). The summed E-state index contributed by atoms with van der Waals surface area (Å²) >= 11 is 0. The molecule has 0 unspecified atom stereocenters. The highest BCUT2D eigenvalue weighted by Crippen LogP contribution is 2.23. The normalized spacial score (nSPS) is 15.3. The molecule has 6 nitrogen and oxygen atoms in total. The van der Waals surface area contributed by atoms with Crippen LogP contribution in [0.1, 0.15) is 47.4 Å². The molecule has 0 aromatic heterocycles. The third-order valence-electron chi connectivity index (χ3n) is 5.51. The largest absolute Gasteiger partial charge is 0.352 e. The van der Waals surface area contributed by atoms with Crippen LogP contribution in [0.15, 0.2) is 48.5 Å². The maximum atomic E-state index is 14.0. The van der Waals surface area contributed by atoms with Crippen molar-refractivity contribution in [2.75, 3.05) is 13.1 Å². The van der Waals surface area contributed by atoms with Gasteiger partial charge in [-0.15, -0.1) is 0 Å². The van der Waals surface area contributed by atoms with Crippen molar-refractivity contribution in [2.24, 2.45) is 5.92 Å². The van der Waals surface area contributed by atoms with E-state index >= 15 is 0 Å². The van der Waals surface area contributed by atoms with Crippen LogP contribution in [0.25, 0.3) is 0 Å². The van der Waals surface area contributed by atoms with Crippen LogP contribution >= 0.6 is 0 Å². The lowest BCUT2D eigenvalue weighted by atomic mass is 9.88. The Morgan fingerprint density at radius 2 is 1.56 bits per heavy atom. The Morgan fingerprint density at radius 3 is 2.16 bits per heavy atom. The first kappa shape index (κ1) is 23.4. The van der Waals surface area contributed by atoms with E-state index in [-0.39, 0.29) is 34.9 Å². The summed E-state index contributed by atoms with van der Waals surface area (Å²) in [5, 5.41) is 5.61. The second-order valence-electron chi connectivity index (χ2n) is 8.23. The molecule has 0 aliphatic carbocycles. The van der Waals surface area contributed by atoms with E-state index in [2.05, 4.69) is 10.6 Å². The predicted molar refractivity (Wildman–Crippen MR) is 116 cm³/mol. The van der Waals surface area contributed by atoms with E-state index in [1.807, 2.05) is 13.8 Å². The monoisotopic (exact) mass is 443 g/mol. The van der Waals surface area contributed by atoms with Crippen LogP contribution in [0.5, 0.6) is 0 Å². The first-order chi connectivity index (χ1) is 15.3. The van der Waals surface area contributed by atoms with Crippen LogP contribution in [0.4, 0.5) is 8.78 Å². The van der Waals surface area contributed by atoms with Crippen molar-refractivity contribution in [1.82, 2.24) is 15.5 Å².